The third kappa shape index (κ3) is 3.46. The van der Waals surface area contributed by atoms with Crippen molar-refractivity contribution in [1.82, 2.24) is 10.4 Å². The van der Waals surface area contributed by atoms with E-state index in [1.807, 2.05) is 0 Å². The molecular formula is C9H17F3N2. The molecule has 2 nitrogen and oxygen atoms in total. The summed E-state index contributed by atoms with van der Waals surface area (Å²) in [5.41, 5.74) is 2.85. The normalized spacial score (nSPS) is 25.7. The van der Waals surface area contributed by atoms with Gasteiger partial charge in [-0.25, -0.2) is 5.01 Å². The Morgan fingerprint density at radius 2 is 1.86 bits per heavy atom. The van der Waals surface area contributed by atoms with E-state index in [9.17, 15) is 13.2 Å². The number of rotatable bonds is 1. The first-order valence-electron chi connectivity index (χ1n) is 4.74. The van der Waals surface area contributed by atoms with Crippen LogP contribution in [0.3, 0.4) is 0 Å². The molecule has 1 unspecified atom stereocenters. The van der Waals surface area contributed by atoms with E-state index in [0.29, 0.717) is 13.1 Å². The number of alkyl halides is 3. The van der Waals surface area contributed by atoms with Crippen molar-refractivity contribution in [3.05, 3.63) is 0 Å². The fourth-order valence-electron chi connectivity index (χ4n) is 1.55. The molecule has 84 valence electrons. The summed E-state index contributed by atoms with van der Waals surface area (Å²) < 4.78 is 36.1. The zero-order valence-corrected chi connectivity index (χ0v) is 8.78. The van der Waals surface area contributed by atoms with E-state index in [4.69, 9.17) is 0 Å². The number of hydrazine groups is 1. The zero-order valence-electron chi connectivity index (χ0n) is 8.78. The van der Waals surface area contributed by atoms with Gasteiger partial charge < -0.3 is 0 Å². The van der Waals surface area contributed by atoms with Gasteiger partial charge in [0.05, 0.1) is 0 Å². The fraction of sp³-hybridized carbons (Fsp3) is 1.00. The number of halogens is 3. The minimum absolute atomic E-state index is 0.0628. The van der Waals surface area contributed by atoms with Gasteiger partial charge in [0.2, 0.25) is 0 Å². The molecule has 1 fully saturated rings. The van der Waals surface area contributed by atoms with Crippen LogP contribution in [0.1, 0.15) is 20.8 Å². The van der Waals surface area contributed by atoms with Crippen molar-refractivity contribution >= 4 is 0 Å². The molecule has 14 heavy (non-hydrogen) atoms. The second kappa shape index (κ2) is 3.70. The first-order chi connectivity index (χ1) is 6.18. The maximum atomic E-state index is 12.0. The molecule has 0 spiro atoms. The molecule has 1 saturated heterocycles. The maximum Gasteiger partial charge on any atom is 0.402 e. The molecule has 0 aromatic carbocycles. The molecule has 0 aliphatic carbocycles. The van der Waals surface area contributed by atoms with Gasteiger partial charge in [0.1, 0.15) is 6.54 Å². The molecule has 0 aromatic heterocycles. The van der Waals surface area contributed by atoms with Crippen LogP contribution in [-0.4, -0.2) is 30.8 Å². The van der Waals surface area contributed by atoms with Gasteiger partial charge in [-0.15, -0.1) is 0 Å². The van der Waals surface area contributed by atoms with E-state index < -0.39 is 12.7 Å². The molecule has 0 bridgehead atoms. The van der Waals surface area contributed by atoms with E-state index >= 15 is 0 Å². The summed E-state index contributed by atoms with van der Waals surface area (Å²) in [7, 11) is 0. The monoisotopic (exact) mass is 210 g/mol. The average Bonchev–Trinajstić information content (AvgIpc) is 2.29. The summed E-state index contributed by atoms with van der Waals surface area (Å²) in [4.78, 5) is 0. The minimum Gasteiger partial charge on any atom is -0.255 e. The van der Waals surface area contributed by atoms with Crippen LogP contribution in [0.5, 0.6) is 0 Å². The molecule has 0 saturated carbocycles. The van der Waals surface area contributed by atoms with Crippen LogP contribution in [0.25, 0.3) is 0 Å². The topological polar surface area (TPSA) is 15.3 Å². The standard InChI is InChI=1S/C9H17F3N2/c1-8(2,3)7-4-13-14(5-7)6-9(10,11)12/h7,13H,4-6H2,1-3H3. The molecule has 0 aromatic rings. The number of hydrogen-bond donors (Lipinski definition) is 1. The van der Waals surface area contributed by atoms with Gasteiger partial charge in [-0.2, -0.15) is 13.2 Å². The molecule has 1 aliphatic rings. The van der Waals surface area contributed by atoms with Crippen LogP contribution < -0.4 is 5.43 Å². The molecule has 0 radical (unpaired) electrons. The number of nitrogens with zero attached hydrogens (tertiary/aromatic N) is 1. The van der Waals surface area contributed by atoms with Gasteiger partial charge in [-0.1, -0.05) is 20.8 Å². The van der Waals surface area contributed by atoms with Crippen molar-refractivity contribution in [2.75, 3.05) is 19.6 Å². The van der Waals surface area contributed by atoms with Gasteiger partial charge in [-0.3, -0.25) is 5.43 Å². The van der Waals surface area contributed by atoms with Crippen LogP contribution >= 0.6 is 0 Å². The van der Waals surface area contributed by atoms with Crippen LogP contribution in [0.2, 0.25) is 0 Å². The Morgan fingerprint density at radius 1 is 1.29 bits per heavy atom. The zero-order chi connectivity index (χ0) is 11.0. The molecule has 1 aliphatic heterocycles. The lowest BCUT2D eigenvalue weighted by Crippen LogP contribution is -2.39. The lowest BCUT2D eigenvalue weighted by molar-refractivity contribution is -0.149. The highest BCUT2D eigenvalue weighted by Crippen LogP contribution is 2.29. The van der Waals surface area contributed by atoms with Crippen molar-refractivity contribution in [2.45, 2.75) is 26.9 Å². The molecule has 1 heterocycles. The predicted octanol–water partition coefficient (Wildman–Crippen LogP) is 2.03. The van der Waals surface area contributed by atoms with Gasteiger partial charge >= 0.3 is 6.18 Å². The van der Waals surface area contributed by atoms with E-state index in [2.05, 4.69) is 26.2 Å². The lowest BCUT2D eigenvalue weighted by Gasteiger charge is -2.26. The van der Waals surface area contributed by atoms with Crippen LogP contribution in [0.15, 0.2) is 0 Å². The smallest absolute Gasteiger partial charge is 0.255 e. The van der Waals surface area contributed by atoms with Crippen molar-refractivity contribution in [3.8, 4) is 0 Å². The quantitative estimate of drug-likeness (QED) is 0.712. The van der Waals surface area contributed by atoms with Crippen molar-refractivity contribution in [3.63, 3.8) is 0 Å². The maximum absolute atomic E-state index is 12.0. The highest BCUT2D eigenvalue weighted by atomic mass is 19.4. The van der Waals surface area contributed by atoms with Crippen LogP contribution in [-0.2, 0) is 0 Å². The van der Waals surface area contributed by atoms with Gasteiger partial charge in [0.25, 0.3) is 0 Å². The van der Waals surface area contributed by atoms with E-state index in [1.165, 1.54) is 5.01 Å². The van der Waals surface area contributed by atoms with Crippen molar-refractivity contribution in [2.24, 2.45) is 11.3 Å². The molecule has 1 rings (SSSR count). The van der Waals surface area contributed by atoms with E-state index in [0.717, 1.165) is 0 Å². The summed E-state index contributed by atoms with van der Waals surface area (Å²) in [6, 6.07) is 0. The number of nitrogens with one attached hydrogen (secondary N) is 1. The van der Waals surface area contributed by atoms with Gasteiger partial charge in [-0.05, 0) is 11.3 Å². The SMILES string of the molecule is CC(C)(C)C1CNN(CC(F)(F)F)C1. The Bertz CT molecular complexity index is 195. The van der Waals surface area contributed by atoms with E-state index in [-0.39, 0.29) is 11.3 Å². The van der Waals surface area contributed by atoms with Crippen molar-refractivity contribution in [1.29, 1.82) is 0 Å². The Kier molecular flexibility index (Phi) is 3.11. The summed E-state index contributed by atoms with van der Waals surface area (Å²) in [6.07, 6.45) is -4.11. The molecule has 5 heteroatoms. The first-order valence-corrected chi connectivity index (χ1v) is 4.74. The Hall–Kier alpha value is -0.290. The predicted molar refractivity (Wildman–Crippen MR) is 48.6 cm³/mol. The van der Waals surface area contributed by atoms with Gasteiger partial charge in [0, 0.05) is 13.1 Å². The largest absolute Gasteiger partial charge is 0.402 e. The summed E-state index contributed by atoms with van der Waals surface area (Å²) in [5.74, 6) is 0.282. The Labute approximate surface area is 82.4 Å². The number of hydrogen-bond acceptors (Lipinski definition) is 2. The summed E-state index contributed by atoms with van der Waals surface area (Å²) in [6.45, 7) is 6.41. The molecule has 1 atom stereocenters. The second-order valence-electron chi connectivity index (χ2n) is 4.92. The van der Waals surface area contributed by atoms with E-state index in [1.54, 1.807) is 0 Å². The fourth-order valence-corrected chi connectivity index (χ4v) is 1.55. The third-order valence-corrected chi connectivity index (χ3v) is 2.60. The molecule has 1 N–H and O–H groups in total. The first kappa shape index (κ1) is 11.8. The lowest BCUT2D eigenvalue weighted by atomic mass is 9.81. The highest BCUT2D eigenvalue weighted by Gasteiger charge is 2.37. The highest BCUT2D eigenvalue weighted by molar-refractivity contribution is 4.83. The minimum atomic E-state index is -4.11. The van der Waals surface area contributed by atoms with Crippen LogP contribution in [0, 0.1) is 11.3 Å². The van der Waals surface area contributed by atoms with Gasteiger partial charge in [0.15, 0.2) is 0 Å². The average molecular weight is 210 g/mol. The Balaban J connectivity index is 2.42. The summed E-state index contributed by atoms with van der Waals surface area (Å²) >= 11 is 0. The molecule has 0 amide bonds. The third-order valence-electron chi connectivity index (χ3n) is 2.60. The second-order valence-corrected chi connectivity index (χ2v) is 4.92. The molecular weight excluding hydrogens is 193 g/mol. The van der Waals surface area contributed by atoms with Crippen molar-refractivity contribution < 1.29 is 13.2 Å². The summed E-state index contributed by atoms with van der Waals surface area (Å²) in [5, 5.41) is 1.26. The Morgan fingerprint density at radius 3 is 2.21 bits per heavy atom. The van der Waals surface area contributed by atoms with Crippen LogP contribution in [0.4, 0.5) is 13.2 Å².